The van der Waals surface area contributed by atoms with Gasteiger partial charge in [-0.15, -0.1) is 0 Å². The molecule has 0 atom stereocenters. The van der Waals surface area contributed by atoms with Gasteiger partial charge in [0, 0.05) is 18.2 Å². The van der Waals surface area contributed by atoms with Crippen molar-refractivity contribution in [1.82, 2.24) is 10.5 Å². The zero-order chi connectivity index (χ0) is 13.5. The number of ether oxygens (including phenoxy) is 1. The van der Waals surface area contributed by atoms with E-state index in [1.807, 2.05) is 37.3 Å². The number of hydrogen-bond donors (Lipinski definition) is 1. The summed E-state index contributed by atoms with van der Waals surface area (Å²) >= 11 is 0. The highest BCUT2D eigenvalue weighted by molar-refractivity contribution is 5.58. The summed E-state index contributed by atoms with van der Waals surface area (Å²) in [7, 11) is 0. The summed E-state index contributed by atoms with van der Waals surface area (Å²) in [5, 5.41) is 7.35. The smallest absolute Gasteiger partial charge is 0.167 e. The Morgan fingerprint density at radius 1 is 1.21 bits per heavy atom. The molecule has 0 saturated heterocycles. The van der Waals surface area contributed by atoms with Crippen molar-refractivity contribution in [3.63, 3.8) is 0 Å². The molecular weight excluding hydrogens is 240 g/mol. The van der Waals surface area contributed by atoms with E-state index in [9.17, 15) is 0 Å². The lowest BCUT2D eigenvalue weighted by atomic mass is 10.1. The van der Waals surface area contributed by atoms with Crippen LogP contribution in [0.5, 0.6) is 5.75 Å². The summed E-state index contributed by atoms with van der Waals surface area (Å²) in [5.74, 6) is 1.66. The van der Waals surface area contributed by atoms with Gasteiger partial charge in [0.25, 0.3) is 0 Å². The lowest BCUT2D eigenvalue weighted by molar-refractivity contribution is 0.340. The first-order valence-electron chi connectivity index (χ1n) is 6.73. The van der Waals surface area contributed by atoms with Gasteiger partial charge in [-0.05, 0) is 44.2 Å². The molecule has 1 aromatic heterocycles. The molecule has 19 heavy (non-hydrogen) atoms. The van der Waals surface area contributed by atoms with E-state index in [0.29, 0.717) is 6.61 Å². The van der Waals surface area contributed by atoms with E-state index in [2.05, 4.69) is 17.4 Å². The Kier molecular flexibility index (Phi) is 4.98. The maximum absolute atomic E-state index is 5.41. The molecule has 0 aliphatic heterocycles. The fraction of sp³-hybridized carbons (Fsp3) is 0.400. The highest BCUT2D eigenvalue weighted by Gasteiger charge is 2.06. The zero-order valence-electron chi connectivity index (χ0n) is 11.5. The van der Waals surface area contributed by atoms with E-state index in [1.54, 1.807) is 0 Å². The van der Waals surface area contributed by atoms with Gasteiger partial charge in [0.15, 0.2) is 5.76 Å². The molecule has 4 heteroatoms. The lowest BCUT2D eigenvalue weighted by Gasteiger charge is -2.02. The highest BCUT2D eigenvalue weighted by atomic mass is 16.5. The number of rotatable bonds is 7. The average Bonchev–Trinajstić information content (AvgIpc) is 2.89. The third-order valence-electron chi connectivity index (χ3n) is 2.74. The maximum atomic E-state index is 5.41. The Hall–Kier alpha value is -1.81. The van der Waals surface area contributed by atoms with Gasteiger partial charge in [-0.25, -0.2) is 0 Å². The molecule has 0 aliphatic carbocycles. The van der Waals surface area contributed by atoms with Crippen molar-refractivity contribution in [2.24, 2.45) is 0 Å². The van der Waals surface area contributed by atoms with Gasteiger partial charge in [0.1, 0.15) is 5.75 Å². The first-order chi connectivity index (χ1) is 9.33. The van der Waals surface area contributed by atoms with Crippen molar-refractivity contribution in [3.8, 4) is 17.1 Å². The molecule has 0 saturated carbocycles. The average molecular weight is 260 g/mol. The Morgan fingerprint density at radius 2 is 2.00 bits per heavy atom. The number of nitrogens with zero attached hydrogens (tertiary/aromatic N) is 1. The first-order valence-corrected chi connectivity index (χ1v) is 6.73. The predicted octanol–water partition coefficient (Wildman–Crippen LogP) is 3.24. The first kappa shape index (κ1) is 13.6. The monoisotopic (exact) mass is 260 g/mol. The molecule has 0 aliphatic rings. The van der Waals surface area contributed by atoms with Crippen LogP contribution in [0.15, 0.2) is 34.9 Å². The third kappa shape index (κ3) is 3.83. The number of hydrogen-bond acceptors (Lipinski definition) is 4. The molecule has 1 N–H and O–H groups in total. The van der Waals surface area contributed by atoms with E-state index in [4.69, 9.17) is 9.26 Å². The molecule has 0 fully saturated rings. The maximum Gasteiger partial charge on any atom is 0.167 e. The topological polar surface area (TPSA) is 47.3 Å². The molecule has 102 valence electrons. The van der Waals surface area contributed by atoms with Crippen LogP contribution in [0.4, 0.5) is 0 Å². The van der Waals surface area contributed by atoms with Crippen LogP contribution in [0.2, 0.25) is 0 Å². The van der Waals surface area contributed by atoms with Crippen LogP contribution in [0.1, 0.15) is 26.0 Å². The Morgan fingerprint density at radius 3 is 2.68 bits per heavy atom. The van der Waals surface area contributed by atoms with E-state index < -0.39 is 0 Å². The van der Waals surface area contributed by atoms with Gasteiger partial charge in [-0.1, -0.05) is 12.1 Å². The molecule has 1 heterocycles. The lowest BCUT2D eigenvalue weighted by Crippen LogP contribution is -2.13. The quantitative estimate of drug-likeness (QED) is 0.776. The molecule has 0 amide bonds. The molecule has 0 radical (unpaired) electrons. The molecule has 2 aromatic rings. The largest absolute Gasteiger partial charge is 0.494 e. The second-order valence-corrected chi connectivity index (χ2v) is 4.32. The Labute approximate surface area is 113 Å². The van der Waals surface area contributed by atoms with Gasteiger partial charge in [-0.3, -0.25) is 0 Å². The van der Waals surface area contributed by atoms with Crippen molar-refractivity contribution < 1.29 is 9.26 Å². The predicted molar refractivity (Wildman–Crippen MR) is 75.1 cm³/mol. The molecule has 0 spiro atoms. The van der Waals surface area contributed by atoms with Crippen LogP contribution in [-0.2, 0) is 6.54 Å². The minimum atomic E-state index is 0.675. The SMILES string of the molecule is CCCNCc1cc(-c2ccc(OCC)cc2)on1. The van der Waals surface area contributed by atoms with Crippen LogP contribution in [0, 0.1) is 0 Å². The van der Waals surface area contributed by atoms with Crippen molar-refractivity contribution >= 4 is 0 Å². The van der Waals surface area contributed by atoms with Gasteiger partial charge in [0.2, 0.25) is 0 Å². The van der Waals surface area contributed by atoms with Crippen molar-refractivity contribution in [1.29, 1.82) is 0 Å². The molecule has 0 bridgehead atoms. The minimum Gasteiger partial charge on any atom is -0.494 e. The van der Waals surface area contributed by atoms with Crippen molar-refractivity contribution in [3.05, 3.63) is 36.0 Å². The molecule has 2 rings (SSSR count). The van der Waals surface area contributed by atoms with Crippen molar-refractivity contribution in [2.45, 2.75) is 26.8 Å². The van der Waals surface area contributed by atoms with E-state index in [1.165, 1.54) is 0 Å². The van der Waals surface area contributed by atoms with Crippen LogP contribution in [0.3, 0.4) is 0 Å². The summed E-state index contributed by atoms with van der Waals surface area (Å²) in [5.41, 5.74) is 1.94. The summed E-state index contributed by atoms with van der Waals surface area (Å²) in [6.45, 7) is 6.52. The Bertz CT molecular complexity index is 491. The number of benzene rings is 1. The van der Waals surface area contributed by atoms with Crippen LogP contribution in [-0.4, -0.2) is 18.3 Å². The summed E-state index contributed by atoms with van der Waals surface area (Å²) in [6, 6.07) is 9.81. The number of nitrogens with one attached hydrogen (secondary N) is 1. The zero-order valence-corrected chi connectivity index (χ0v) is 11.5. The van der Waals surface area contributed by atoms with Crippen LogP contribution < -0.4 is 10.1 Å². The number of aromatic nitrogens is 1. The fourth-order valence-corrected chi connectivity index (χ4v) is 1.81. The molecule has 1 aromatic carbocycles. The van der Waals surface area contributed by atoms with Crippen LogP contribution >= 0.6 is 0 Å². The van der Waals surface area contributed by atoms with E-state index >= 15 is 0 Å². The highest BCUT2D eigenvalue weighted by Crippen LogP contribution is 2.23. The fourth-order valence-electron chi connectivity index (χ4n) is 1.81. The normalized spacial score (nSPS) is 10.6. The molecule has 0 unspecified atom stereocenters. The second kappa shape index (κ2) is 6.95. The molecular formula is C15H20N2O2. The Balaban J connectivity index is 2.01. The second-order valence-electron chi connectivity index (χ2n) is 4.32. The van der Waals surface area contributed by atoms with Gasteiger partial charge in [0.05, 0.1) is 12.3 Å². The minimum absolute atomic E-state index is 0.675. The van der Waals surface area contributed by atoms with Gasteiger partial charge >= 0.3 is 0 Å². The van der Waals surface area contributed by atoms with E-state index in [0.717, 1.165) is 42.3 Å². The standard InChI is InChI=1S/C15H20N2O2/c1-3-9-16-11-13-10-15(19-17-13)12-5-7-14(8-6-12)18-4-2/h5-8,10,16H,3-4,9,11H2,1-2H3. The third-order valence-corrected chi connectivity index (χ3v) is 2.74. The van der Waals surface area contributed by atoms with Crippen LogP contribution in [0.25, 0.3) is 11.3 Å². The van der Waals surface area contributed by atoms with Gasteiger partial charge in [-0.2, -0.15) is 0 Å². The summed E-state index contributed by atoms with van der Waals surface area (Å²) in [4.78, 5) is 0. The molecule has 4 nitrogen and oxygen atoms in total. The summed E-state index contributed by atoms with van der Waals surface area (Å²) < 4.78 is 10.8. The van der Waals surface area contributed by atoms with Gasteiger partial charge < -0.3 is 14.6 Å². The van der Waals surface area contributed by atoms with Crippen molar-refractivity contribution in [2.75, 3.05) is 13.2 Å². The summed E-state index contributed by atoms with van der Waals surface area (Å²) in [6.07, 6.45) is 1.11. The van der Waals surface area contributed by atoms with E-state index in [-0.39, 0.29) is 0 Å².